The highest BCUT2D eigenvalue weighted by atomic mass is 15.1. The van der Waals surface area contributed by atoms with E-state index in [1.807, 2.05) is 36.5 Å². The highest BCUT2D eigenvalue weighted by Gasteiger charge is 2.09. The Morgan fingerprint density at radius 3 is 2.60 bits per heavy atom. The molecule has 0 aliphatic carbocycles. The van der Waals surface area contributed by atoms with Gasteiger partial charge in [0.05, 0.1) is 11.2 Å². The van der Waals surface area contributed by atoms with Gasteiger partial charge in [-0.1, -0.05) is 30.3 Å². The maximum Gasteiger partial charge on any atom is 0.0955 e. The summed E-state index contributed by atoms with van der Waals surface area (Å²) in [5.41, 5.74) is 10.1. The highest BCUT2D eigenvalue weighted by Crippen LogP contribution is 2.29. The molecule has 0 unspecified atom stereocenters. The zero-order chi connectivity index (χ0) is 13.9. The molecule has 2 N–H and O–H groups in total. The minimum atomic E-state index is 0.768. The van der Waals surface area contributed by atoms with Gasteiger partial charge in [0.2, 0.25) is 0 Å². The second-order valence-electron chi connectivity index (χ2n) is 4.92. The van der Waals surface area contributed by atoms with E-state index in [9.17, 15) is 0 Å². The van der Waals surface area contributed by atoms with Crippen LogP contribution < -0.4 is 10.6 Å². The fraction of sp³-hybridized carbons (Fsp3) is 0.118. The molecule has 0 amide bonds. The molecular formula is C17H17N3. The van der Waals surface area contributed by atoms with Crippen LogP contribution in [0.5, 0.6) is 0 Å². The van der Waals surface area contributed by atoms with Gasteiger partial charge >= 0.3 is 0 Å². The molecule has 1 heterocycles. The lowest BCUT2D eigenvalue weighted by molar-refractivity contribution is 0.926. The van der Waals surface area contributed by atoms with Crippen molar-refractivity contribution < 1.29 is 0 Å². The Balaban J connectivity index is 2.00. The van der Waals surface area contributed by atoms with Crippen molar-refractivity contribution >= 4 is 22.3 Å². The minimum Gasteiger partial charge on any atom is -0.398 e. The van der Waals surface area contributed by atoms with Crippen molar-refractivity contribution in [2.75, 3.05) is 17.7 Å². The van der Waals surface area contributed by atoms with E-state index in [-0.39, 0.29) is 0 Å². The van der Waals surface area contributed by atoms with E-state index in [0.29, 0.717) is 0 Å². The number of nitrogen functional groups attached to an aromatic ring is 1. The number of nitrogens with zero attached hydrogens (tertiary/aromatic N) is 2. The first kappa shape index (κ1) is 12.5. The zero-order valence-corrected chi connectivity index (χ0v) is 11.5. The van der Waals surface area contributed by atoms with E-state index in [0.717, 1.165) is 28.8 Å². The molecule has 0 saturated heterocycles. The Morgan fingerprint density at radius 1 is 1.00 bits per heavy atom. The smallest absolute Gasteiger partial charge is 0.0955 e. The van der Waals surface area contributed by atoms with Crippen molar-refractivity contribution in [1.82, 2.24) is 4.98 Å². The fourth-order valence-electron chi connectivity index (χ4n) is 2.43. The maximum atomic E-state index is 6.02. The lowest BCUT2D eigenvalue weighted by Crippen LogP contribution is -2.17. The summed E-state index contributed by atoms with van der Waals surface area (Å²) < 4.78 is 0. The largest absolute Gasteiger partial charge is 0.398 e. The molecule has 2 aromatic carbocycles. The Morgan fingerprint density at radius 2 is 1.80 bits per heavy atom. The van der Waals surface area contributed by atoms with Crippen LogP contribution >= 0.6 is 0 Å². The van der Waals surface area contributed by atoms with Crippen LogP contribution in [0, 0.1) is 0 Å². The van der Waals surface area contributed by atoms with Crippen molar-refractivity contribution in [2.45, 2.75) is 6.54 Å². The van der Waals surface area contributed by atoms with Crippen molar-refractivity contribution in [3.8, 4) is 0 Å². The predicted molar refractivity (Wildman–Crippen MR) is 84.7 cm³/mol. The molecule has 0 aliphatic heterocycles. The monoisotopic (exact) mass is 263 g/mol. The molecule has 0 saturated carbocycles. The van der Waals surface area contributed by atoms with E-state index < -0.39 is 0 Å². The van der Waals surface area contributed by atoms with Crippen LogP contribution in [0.3, 0.4) is 0 Å². The van der Waals surface area contributed by atoms with Crippen molar-refractivity contribution in [2.24, 2.45) is 0 Å². The van der Waals surface area contributed by atoms with Crippen LogP contribution in [0.2, 0.25) is 0 Å². The van der Waals surface area contributed by atoms with Gasteiger partial charge in [0.1, 0.15) is 0 Å². The van der Waals surface area contributed by atoms with Crippen LogP contribution in [0.15, 0.2) is 60.8 Å². The molecule has 3 aromatic rings. The highest BCUT2D eigenvalue weighted by molar-refractivity contribution is 5.98. The molecule has 100 valence electrons. The van der Waals surface area contributed by atoms with E-state index in [1.165, 1.54) is 5.56 Å². The summed E-state index contributed by atoms with van der Waals surface area (Å²) in [6.07, 6.45) is 1.81. The molecule has 1 aromatic heterocycles. The van der Waals surface area contributed by atoms with Crippen LogP contribution in [-0.2, 0) is 6.54 Å². The second-order valence-corrected chi connectivity index (χ2v) is 4.92. The Hall–Kier alpha value is -2.55. The number of hydrogen-bond acceptors (Lipinski definition) is 3. The fourth-order valence-corrected chi connectivity index (χ4v) is 2.43. The Bertz CT molecular complexity index is 723. The lowest BCUT2D eigenvalue weighted by Gasteiger charge is -2.21. The third kappa shape index (κ3) is 2.30. The maximum absolute atomic E-state index is 6.02. The molecule has 3 heteroatoms. The van der Waals surface area contributed by atoms with Crippen LogP contribution in [-0.4, -0.2) is 12.0 Å². The molecule has 3 rings (SSSR count). The zero-order valence-electron chi connectivity index (χ0n) is 11.5. The summed E-state index contributed by atoms with van der Waals surface area (Å²) >= 11 is 0. The van der Waals surface area contributed by atoms with Gasteiger partial charge in [-0.2, -0.15) is 0 Å². The van der Waals surface area contributed by atoms with Crippen LogP contribution in [0.25, 0.3) is 10.9 Å². The van der Waals surface area contributed by atoms with E-state index >= 15 is 0 Å². The van der Waals surface area contributed by atoms with Gasteiger partial charge in [0.25, 0.3) is 0 Å². The third-order valence-electron chi connectivity index (χ3n) is 3.46. The molecule has 3 nitrogen and oxygen atoms in total. The number of pyridine rings is 1. The van der Waals surface area contributed by atoms with Crippen molar-refractivity contribution in [1.29, 1.82) is 0 Å². The number of rotatable bonds is 3. The van der Waals surface area contributed by atoms with Gasteiger partial charge in [-0.3, -0.25) is 4.98 Å². The number of aromatic nitrogens is 1. The van der Waals surface area contributed by atoms with E-state index in [1.54, 1.807) is 0 Å². The number of hydrogen-bond donors (Lipinski definition) is 1. The first-order valence-corrected chi connectivity index (χ1v) is 6.64. The normalized spacial score (nSPS) is 10.7. The van der Waals surface area contributed by atoms with Gasteiger partial charge in [-0.25, -0.2) is 0 Å². The summed E-state index contributed by atoms with van der Waals surface area (Å²) in [6.45, 7) is 0.844. The first-order valence-electron chi connectivity index (χ1n) is 6.64. The number of anilines is 2. The van der Waals surface area contributed by atoms with E-state index in [4.69, 9.17) is 5.73 Å². The standard InChI is InChI=1S/C17H17N3/c1-20(12-13-6-3-2-4-7-13)16-10-9-15(18)14-8-5-11-19-17(14)16/h2-11H,12,18H2,1H3. The Kier molecular flexibility index (Phi) is 3.25. The van der Waals surface area contributed by atoms with E-state index in [2.05, 4.69) is 41.2 Å². The van der Waals surface area contributed by atoms with Gasteiger partial charge in [-0.05, 0) is 29.8 Å². The number of nitrogens with two attached hydrogens (primary N) is 1. The van der Waals surface area contributed by atoms with Crippen LogP contribution in [0.4, 0.5) is 11.4 Å². The van der Waals surface area contributed by atoms with Gasteiger partial charge < -0.3 is 10.6 Å². The molecular weight excluding hydrogens is 246 g/mol. The van der Waals surface area contributed by atoms with Crippen LogP contribution in [0.1, 0.15) is 5.56 Å². The third-order valence-corrected chi connectivity index (χ3v) is 3.46. The lowest BCUT2D eigenvalue weighted by atomic mass is 10.1. The molecule has 0 aliphatic rings. The average Bonchev–Trinajstić information content (AvgIpc) is 2.49. The number of fused-ring (bicyclic) bond motifs is 1. The van der Waals surface area contributed by atoms with Crippen molar-refractivity contribution in [3.63, 3.8) is 0 Å². The molecule has 0 atom stereocenters. The molecule has 0 radical (unpaired) electrons. The Labute approximate surface area is 118 Å². The minimum absolute atomic E-state index is 0.768. The summed E-state index contributed by atoms with van der Waals surface area (Å²) in [4.78, 5) is 6.68. The molecule has 0 spiro atoms. The van der Waals surface area contributed by atoms with Gasteiger partial charge in [-0.15, -0.1) is 0 Å². The quantitative estimate of drug-likeness (QED) is 0.736. The predicted octanol–water partition coefficient (Wildman–Crippen LogP) is 3.45. The average molecular weight is 263 g/mol. The molecule has 0 fully saturated rings. The van der Waals surface area contributed by atoms with Gasteiger partial charge in [0, 0.05) is 30.9 Å². The SMILES string of the molecule is CN(Cc1ccccc1)c1ccc(N)c2cccnc12. The summed E-state index contributed by atoms with van der Waals surface area (Å²) in [5.74, 6) is 0. The summed E-state index contributed by atoms with van der Waals surface area (Å²) in [5, 5.41) is 1.00. The first-order chi connectivity index (χ1) is 9.75. The topological polar surface area (TPSA) is 42.1 Å². The molecule has 20 heavy (non-hydrogen) atoms. The van der Waals surface area contributed by atoms with Crippen molar-refractivity contribution in [3.05, 3.63) is 66.4 Å². The molecule has 0 bridgehead atoms. The second kappa shape index (κ2) is 5.21. The summed E-state index contributed by atoms with van der Waals surface area (Å²) in [6, 6.07) is 18.3. The summed E-state index contributed by atoms with van der Waals surface area (Å²) in [7, 11) is 2.08. The van der Waals surface area contributed by atoms with Gasteiger partial charge in [0.15, 0.2) is 0 Å². The number of benzene rings is 2.